The van der Waals surface area contributed by atoms with Crippen molar-refractivity contribution in [2.24, 2.45) is 11.8 Å². The van der Waals surface area contributed by atoms with E-state index in [-0.39, 0.29) is 23.4 Å². The van der Waals surface area contributed by atoms with Gasteiger partial charge in [-0.2, -0.15) is 0 Å². The fourth-order valence-corrected chi connectivity index (χ4v) is 1.69. The second-order valence-electron chi connectivity index (χ2n) is 3.38. The molecule has 0 spiro atoms. The first-order valence-corrected chi connectivity index (χ1v) is 4.32. The lowest BCUT2D eigenvalue weighted by Crippen LogP contribution is -2.26. The fourth-order valence-electron chi connectivity index (χ4n) is 1.69. The van der Waals surface area contributed by atoms with Crippen molar-refractivity contribution in [2.45, 2.75) is 26.7 Å². The second kappa shape index (κ2) is 3.65. The Labute approximate surface area is 72.7 Å². The van der Waals surface area contributed by atoms with E-state index >= 15 is 0 Å². The maximum Gasteiger partial charge on any atom is 0.144 e. The molecule has 66 valence electrons. The van der Waals surface area contributed by atoms with Gasteiger partial charge in [-0.15, -0.1) is 0 Å². The predicted molar refractivity (Wildman–Crippen MR) is 46.7 cm³/mol. The van der Waals surface area contributed by atoms with E-state index in [0.29, 0.717) is 6.42 Å². The average Bonchev–Trinajstić information content (AvgIpc) is 2.11. The molecule has 2 heteroatoms. The first kappa shape index (κ1) is 9.17. The van der Waals surface area contributed by atoms with Crippen LogP contribution in [-0.4, -0.2) is 11.6 Å². The van der Waals surface area contributed by atoms with Gasteiger partial charge in [-0.1, -0.05) is 19.1 Å². The number of hydrogen-bond donors (Lipinski definition) is 0. The van der Waals surface area contributed by atoms with E-state index in [4.69, 9.17) is 0 Å². The van der Waals surface area contributed by atoms with E-state index in [2.05, 4.69) is 0 Å². The Kier molecular flexibility index (Phi) is 2.79. The van der Waals surface area contributed by atoms with Crippen molar-refractivity contribution in [3.8, 4) is 0 Å². The highest BCUT2D eigenvalue weighted by atomic mass is 16.1. The topological polar surface area (TPSA) is 34.1 Å². The van der Waals surface area contributed by atoms with Gasteiger partial charge in [0.25, 0.3) is 0 Å². The highest BCUT2D eigenvalue weighted by Gasteiger charge is 2.28. The third kappa shape index (κ3) is 1.81. The van der Waals surface area contributed by atoms with Crippen LogP contribution in [0.4, 0.5) is 0 Å². The highest BCUT2D eigenvalue weighted by molar-refractivity contribution is 6.02. The summed E-state index contributed by atoms with van der Waals surface area (Å²) >= 11 is 0. The van der Waals surface area contributed by atoms with Crippen molar-refractivity contribution in [1.29, 1.82) is 0 Å². The number of allylic oxidation sites excluding steroid dienone is 2. The molecule has 12 heavy (non-hydrogen) atoms. The number of rotatable bonds is 1. The minimum atomic E-state index is -0.385. The number of carbonyl (C=O) groups excluding carboxylic acids is 2. The van der Waals surface area contributed by atoms with Crippen LogP contribution >= 0.6 is 0 Å². The molecule has 0 aromatic heterocycles. The lowest BCUT2D eigenvalue weighted by Gasteiger charge is -2.14. The smallest absolute Gasteiger partial charge is 0.144 e. The zero-order valence-electron chi connectivity index (χ0n) is 7.54. The summed E-state index contributed by atoms with van der Waals surface area (Å²) in [6, 6.07) is 0. The van der Waals surface area contributed by atoms with Crippen molar-refractivity contribution in [2.75, 3.05) is 0 Å². The van der Waals surface area contributed by atoms with E-state index in [1.54, 1.807) is 0 Å². The van der Waals surface area contributed by atoms with Crippen LogP contribution in [0.5, 0.6) is 0 Å². The zero-order chi connectivity index (χ0) is 9.14. The van der Waals surface area contributed by atoms with E-state index < -0.39 is 0 Å². The Bertz CT molecular complexity index is 228. The number of ketones is 2. The van der Waals surface area contributed by atoms with Gasteiger partial charge in [0.05, 0.1) is 5.92 Å². The summed E-state index contributed by atoms with van der Waals surface area (Å²) in [5.41, 5.74) is 0. The zero-order valence-corrected chi connectivity index (χ0v) is 7.54. The molecule has 0 aromatic rings. The fraction of sp³-hybridized carbons (Fsp3) is 0.600. The van der Waals surface area contributed by atoms with Gasteiger partial charge in [-0.25, -0.2) is 0 Å². The van der Waals surface area contributed by atoms with Crippen molar-refractivity contribution in [3.63, 3.8) is 0 Å². The Morgan fingerprint density at radius 3 is 2.83 bits per heavy atom. The van der Waals surface area contributed by atoms with Crippen LogP contribution in [0.2, 0.25) is 0 Å². The first-order chi connectivity index (χ1) is 5.63. The molecule has 1 rings (SSSR count). The lowest BCUT2D eigenvalue weighted by molar-refractivity contribution is -0.132. The molecule has 0 saturated carbocycles. The average molecular weight is 166 g/mol. The Morgan fingerprint density at radius 2 is 2.25 bits per heavy atom. The molecule has 0 N–H and O–H groups in total. The van der Waals surface area contributed by atoms with Crippen LogP contribution in [0.1, 0.15) is 26.7 Å². The second-order valence-corrected chi connectivity index (χ2v) is 3.38. The summed E-state index contributed by atoms with van der Waals surface area (Å²) in [7, 11) is 0. The number of hydrogen-bond acceptors (Lipinski definition) is 2. The van der Waals surface area contributed by atoms with E-state index in [1.165, 1.54) is 6.92 Å². The van der Waals surface area contributed by atoms with Crippen LogP contribution in [0.3, 0.4) is 0 Å². The summed E-state index contributed by atoms with van der Waals surface area (Å²) in [5.74, 6) is -0.208. The molecule has 0 aliphatic heterocycles. The lowest BCUT2D eigenvalue weighted by atomic mass is 9.87. The first-order valence-electron chi connectivity index (χ1n) is 4.32. The third-order valence-electron chi connectivity index (χ3n) is 2.31. The minimum Gasteiger partial charge on any atom is -0.299 e. The van der Waals surface area contributed by atoms with Gasteiger partial charge in [0.15, 0.2) is 0 Å². The molecule has 0 aromatic carbocycles. The summed E-state index contributed by atoms with van der Waals surface area (Å²) in [4.78, 5) is 22.5. The molecule has 1 aliphatic rings. The van der Waals surface area contributed by atoms with Gasteiger partial charge in [0, 0.05) is 6.42 Å². The van der Waals surface area contributed by atoms with Crippen molar-refractivity contribution in [3.05, 3.63) is 12.2 Å². The van der Waals surface area contributed by atoms with Crippen LogP contribution in [0.15, 0.2) is 12.2 Å². The van der Waals surface area contributed by atoms with Crippen molar-refractivity contribution in [1.82, 2.24) is 0 Å². The normalized spacial score (nSPS) is 30.0. The van der Waals surface area contributed by atoms with Gasteiger partial charge in [0.1, 0.15) is 11.6 Å². The van der Waals surface area contributed by atoms with Crippen LogP contribution in [-0.2, 0) is 9.59 Å². The van der Waals surface area contributed by atoms with Crippen LogP contribution in [0, 0.1) is 11.8 Å². The van der Waals surface area contributed by atoms with Crippen LogP contribution < -0.4 is 0 Å². The molecule has 0 amide bonds. The van der Waals surface area contributed by atoms with Gasteiger partial charge in [-0.05, 0) is 19.3 Å². The third-order valence-corrected chi connectivity index (χ3v) is 2.31. The molecular weight excluding hydrogens is 152 g/mol. The highest BCUT2D eigenvalue weighted by Crippen LogP contribution is 2.21. The molecule has 0 radical (unpaired) electrons. The molecule has 0 saturated heterocycles. The van der Waals surface area contributed by atoms with Gasteiger partial charge in [0.2, 0.25) is 0 Å². The molecule has 0 fully saturated rings. The van der Waals surface area contributed by atoms with E-state index in [9.17, 15) is 9.59 Å². The Morgan fingerprint density at radius 1 is 1.58 bits per heavy atom. The molecule has 0 heterocycles. The quantitative estimate of drug-likeness (QED) is 0.439. The Balaban J connectivity index is 2.84. The maximum atomic E-state index is 11.4. The van der Waals surface area contributed by atoms with Crippen LogP contribution in [0.25, 0.3) is 0 Å². The standard InChI is InChI=1S/C10H14O2/c1-7-5-3-4-6-9(12)10(7)8(2)11/h3,5,7,10H,4,6H2,1-2H3/t7-,10+/m0/s1. The van der Waals surface area contributed by atoms with Crippen molar-refractivity contribution >= 4 is 11.6 Å². The summed E-state index contributed by atoms with van der Waals surface area (Å²) < 4.78 is 0. The monoisotopic (exact) mass is 166 g/mol. The summed E-state index contributed by atoms with van der Waals surface area (Å²) in [6.07, 6.45) is 5.26. The van der Waals surface area contributed by atoms with E-state index in [0.717, 1.165) is 6.42 Å². The van der Waals surface area contributed by atoms with Crippen molar-refractivity contribution < 1.29 is 9.59 Å². The SMILES string of the molecule is CC(=O)[C@@H]1C(=O)CCC=C[C@@H]1C. The summed E-state index contributed by atoms with van der Waals surface area (Å²) in [6.45, 7) is 3.42. The molecule has 0 bridgehead atoms. The number of carbonyl (C=O) groups is 2. The van der Waals surface area contributed by atoms with E-state index in [1.807, 2.05) is 19.1 Å². The Hall–Kier alpha value is -0.920. The number of Topliss-reactive ketones (excluding diaryl/α,β-unsaturated/α-hetero) is 2. The maximum absolute atomic E-state index is 11.4. The van der Waals surface area contributed by atoms with Gasteiger partial charge < -0.3 is 0 Å². The minimum absolute atomic E-state index is 0.000880. The van der Waals surface area contributed by atoms with Gasteiger partial charge >= 0.3 is 0 Å². The molecule has 2 nitrogen and oxygen atoms in total. The largest absolute Gasteiger partial charge is 0.299 e. The molecular formula is C10H14O2. The van der Waals surface area contributed by atoms with Gasteiger partial charge in [-0.3, -0.25) is 9.59 Å². The molecule has 2 atom stereocenters. The predicted octanol–water partition coefficient (Wildman–Crippen LogP) is 1.75. The summed E-state index contributed by atoms with van der Waals surface area (Å²) in [5, 5.41) is 0. The molecule has 1 aliphatic carbocycles. The molecule has 0 unspecified atom stereocenters.